The SMILES string of the molecule is O=C(c1c[nH]c2ccccc12)N1CCC(Cn2c(COc3ccccc3)nc3ccccc32)CC1. The summed E-state index contributed by atoms with van der Waals surface area (Å²) in [7, 11) is 0. The molecule has 3 aromatic carbocycles. The molecule has 1 fully saturated rings. The summed E-state index contributed by atoms with van der Waals surface area (Å²) in [6.07, 6.45) is 3.79. The number of carbonyl (C=O) groups is 1. The summed E-state index contributed by atoms with van der Waals surface area (Å²) in [5, 5.41) is 0.993. The highest BCUT2D eigenvalue weighted by molar-refractivity contribution is 6.06. The lowest BCUT2D eigenvalue weighted by atomic mass is 9.96. The van der Waals surface area contributed by atoms with Crippen LogP contribution in [0.25, 0.3) is 21.9 Å². The van der Waals surface area contributed by atoms with Crippen LogP contribution in [0.5, 0.6) is 5.75 Å². The van der Waals surface area contributed by atoms with E-state index in [2.05, 4.69) is 27.8 Å². The van der Waals surface area contributed by atoms with Crippen molar-refractivity contribution in [2.45, 2.75) is 26.0 Å². The smallest absolute Gasteiger partial charge is 0.256 e. The summed E-state index contributed by atoms with van der Waals surface area (Å²) in [5.74, 6) is 2.38. The molecule has 5 aromatic rings. The molecular formula is C29H28N4O2. The Hall–Kier alpha value is -4.06. The van der Waals surface area contributed by atoms with Gasteiger partial charge in [-0.05, 0) is 49.1 Å². The molecule has 35 heavy (non-hydrogen) atoms. The molecule has 1 saturated heterocycles. The van der Waals surface area contributed by atoms with Crippen molar-refractivity contribution >= 4 is 27.8 Å². The number of H-pyrrole nitrogens is 1. The van der Waals surface area contributed by atoms with Gasteiger partial charge in [0.15, 0.2) is 0 Å². The molecule has 6 heteroatoms. The number of rotatable bonds is 6. The molecule has 2 aromatic heterocycles. The van der Waals surface area contributed by atoms with Crippen LogP contribution in [0.3, 0.4) is 0 Å². The van der Waals surface area contributed by atoms with E-state index < -0.39 is 0 Å². The summed E-state index contributed by atoms with van der Waals surface area (Å²) in [6.45, 7) is 2.84. The average Bonchev–Trinajstić information content (AvgIpc) is 3.50. The number of carbonyl (C=O) groups excluding carboxylic acids is 1. The van der Waals surface area contributed by atoms with Crippen molar-refractivity contribution in [2.24, 2.45) is 5.92 Å². The predicted octanol–water partition coefficient (Wildman–Crippen LogP) is 5.65. The highest BCUT2D eigenvalue weighted by Gasteiger charge is 2.26. The first-order valence-corrected chi connectivity index (χ1v) is 12.2. The van der Waals surface area contributed by atoms with E-state index in [1.54, 1.807) is 0 Å². The van der Waals surface area contributed by atoms with Gasteiger partial charge < -0.3 is 19.2 Å². The number of hydrogen-bond donors (Lipinski definition) is 1. The van der Waals surface area contributed by atoms with E-state index in [9.17, 15) is 4.79 Å². The minimum Gasteiger partial charge on any atom is -0.486 e. The fourth-order valence-corrected chi connectivity index (χ4v) is 5.10. The normalized spacial score (nSPS) is 14.6. The quantitative estimate of drug-likeness (QED) is 0.353. The van der Waals surface area contributed by atoms with Crippen LogP contribution >= 0.6 is 0 Å². The molecule has 1 amide bonds. The third kappa shape index (κ3) is 4.28. The Balaban J connectivity index is 1.16. The van der Waals surface area contributed by atoms with Gasteiger partial charge in [-0.3, -0.25) is 4.79 Å². The van der Waals surface area contributed by atoms with Gasteiger partial charge in [-0.25, -0.2) is 4.98 Å². The van der Waals surface area contributed by atoms with E-state index in [4.69, 9.17) is 9.72 Å². The Labute approximate surface area is 204 Å². The number of amides is 1. The maximum atomic E-state index is 13.2. The molecule has 3 heterocycles. The summed E-state index contributed by atoms with van der Waals surface area (Å²) < 4.78 is 8.34. The fraction of sp³-hybridized carbons (Fsp3) is 0.241. The van der Waals surface area contributed by atoms with Crippen LogP contribution < -0.4 is 4.74 Å². The van der Waals surface area contributed by atoms with Gasteiger partial charge in [-0.2, -0.15) is 0 Å². The summed E-state index contributed by atoms with van der Waals surface area (Å²) >= 11 is 0. The van der Waals surface area contributed by atoms with Crippen LogP contribution in [0.2, 0.25) is 0 Å². The number of para-hydroxylation sites is 4. The second kappa shape index (κ2) is 9.29. The molecule has 1 N–H and O–H groups in total. The van der Waals surface area contributed by atoms with Gasteiger partial charge in [-0.15, -0.1) is 0 Å². The molecular weight excluding hydrogens is 436 g/mol. The van der Waals surface area contributed by atoms with E-state index in [0.717, 1.165) is 71.5 Å². The Morgan fingerprint density at radius 1 is 0.943 bits per heavy atom. The molecule has 0 aliphatic carbocycles. The molecule has 0 saturated carbocycles. The maximum Gasteiger partial charge on any atom is 0.256 e. The minimum absolute atomic E-state index is 0.117. The Kier molecular flexibility index (Phi) is 5.70. The van der Waals surface area contributed by atoms with Crippen molar-refractivity contribution in [1.29, 1.82) is 0 Å². The van der Waals surface area contributed by atoms with Crippen LogP contribution in [0.1, 0.15) is 29.0 Å². The van der Waals surface area contributed by atoms with Gasteiger partial charge >= 0.3 is 0 Å². The lowest BCUT2D eigenvalue weighted by molar-refractivity contribution is 0.0684. The zero-order valence-corrected chi connectivity index (χ0v) is 19.6. The van der Waals surface area contributed by atoms with Crippen LogP contribution in [0, 0.1) is 5.92 Å². The topological polar surface area (TPSA) is 63.2 Å². The first kappa shape index (κ1) is 21.5. The number of aromatic amines is 1. The number of ether oxygens (including phenoxy) is 1. The summed E-state index contributed by atoms with van der Waals surface area (Å²) in [4.78, 5) is 23.3. The minimum atomic E-state index is 0.117. The third-order valence-corrected chi connectivity index (χ3v) is 7.01. The number of benzene rings is 3. The van der Waals surface area contributed by atoms with E-state index in [-0.39, 0.29) is 5.91 Å². The Bertz CT molecular complexity index is 1460. The average molecular weight is 465 g/mol. The standard InChI is InChI=1S/C29H28N4O2/c34-29(24-18-30-25-11-5-4-10-23(24)25)32-16-14-21(15-17-32)19-33-27-13-7-6-12-26(27)31-28(33)20-35-22-8-2-1-3-9-22/h1-13,18,21,30H,14-17,19-20H2. The van der Waals surface area contributed by atoms with Gasteiger partial charge in [0.05, 0.1) is 16.6 Å². The lowest BCUT2D eigenvalue weighted by Gasteiger charge is -2.32. The van der Waals surface area contributed by atoms with E-state index >= 15 is 0 Å². The number of imidazole rings is 1. The molecule has 0 spiro atoms. The molecule has 0 radical (unpaired) electrons. The second-order valence-corrected chi connectivity index (χ2v) is 9.21. The summed E-state index contributed by atoms with van der Waals surface area (Å²) in [6, 6.07) is 26.1. The number of likely N-dealkylation sites (tertiary alicyclic amines) is 1. The molecule has 0 bridgehead atoms. The monoisotopic (exact) mass is 464 g/mol. The summed E-state index contributed by atoms with van der Waals surface area (Å²) in [5.41, 5.74) is 3.89. The highest BCUT2D eigenvalue weighted by Crippen LogP contribution is 2.27. The van der Waals surface area contributed by atoms with E-state index in [0.29, 0.717) is 12.5 Å². The first-order chi connectivity index (χ1) is 17.3. The number of nitrogens with zero attached hydrogens (tertiary/aromatic N) is 3. The number of piperidine rings is 1. The molecule has 176 valence electrons. The van der Waals surface area contributed by atoms with Gasteiger partial charge in [0.1, 0.15) is 18.2 Å². The van der Waals surface area contributed by atoms with E-state index in [1.165, 1.54) is 0 Å². The number of aromatic nitrogens is 3. The van der Waals surface area contributed by atoms with Gasteiger partial charge in [0.2, 0.25) is 0 Å². The van der Waals surface area contributed by atoms with Crippen molar-refractivity contribution in [3.8, 4) is 5.75 Å². The first-order valence-electron chi connectivity index (χ1n) is 12.2. The van der Waals surface area contributed by atoms with Crippen molar-refractivity contribution in [2.75, 3.05) is 13.1 Å². The zero-order valence-electron chi connectivity index (χ0n) is 19.6. The predicted molar refractivity (Wildman–Crippen MR) is 137 cm³/mol. The fourth-order valence-electron chi connectivity index (χ4n) is 5.10. The number of fused-ring (bicyclic) bond motifs is 2. The van der Waals surface area contributed by atoms with Crippen molar-refractivity contribution in [3.05, 3.63) is 96.4 Å². The van der Waals surface area contributed by atoms with Crippen LogP contribution in [0.4, 0.5) is 0 Å². The van der Waals surface area contributed by atoms with Gasteiger partial charge in [-0.1, -0.05) is 48.5 Å². The molecule has 0 unspecified atom stereocenters. The van der Waals surface area contributed by atoms with E-state index in [1.807, 2.05) is 71.8 Å². The zero-order chi connectivity index (χ0) is 23.6. The van der Waals surface area contributed by atoms with Crippen LogP contribution in [0.15, 0.2) is 85.1 Å². The van der Waals surface area contributed by atoms with Crippen LogP contribution in [-0.2, 0) is 13.2 Å². The Morgan fingerprint density at radius 2 is 1.69 bits per heavy atom. The number of hydrogen-bond acceptors (Lipinski definition) is 3. The van der Waals surface area contributed by atoms with Crippen molar-refractivity contribution in [3.63, 3.8) is 0 Å². The van der Waals surface area contributed by atoms with Crippen LogP contribution in [-0.4, -0.2) is 38.4 Å². The van der Waals surface area contributed by atoms with Crippen molar-refractivity contribution in [1.82, 2.24) is 19.4 Å². The van der Waals surface area contributed by atoms with Gasteiger partial charge in [0, 0.05) is 36.7 Å². The molecule has 1 aliphatic rings. The van der Waals surface area contributed by atoms with Crippen molar-refractivity contribution < 1.29 is 9.53 Å². The van der Waals surface area contributed by atoms with Gasteiger partial charge in [0.25, 0.3) is 5.91 Å². The maximum absolute atomic E-state index is 13.2. The number of nitrogens with one attached hydrogen (secondary N) is 1. The Morgan fingerprint density at radius 3 is 2.54 bits per heavy atom. The third-order valence-electron chi connectivity index (χ3n) is 7.01. The highest BCUT2D eigenvalue weighted by atomic mass is 16.5. The molecule has 0 atom stereocenters. The lowest BCUT2D eigenvalue weighted by Crippen LogP contribution is -2.39. The second-order valence-electron chi connectivity index (χ2n) is 9.21. The largest absolute Gasteiger partial charge is 0.486 e. The molecule has 1 aliphatic heterocycles. The molecule has 6 rings (SSSR count). The molecule has 6 nitrogen and oxygen atoms in total.